The highest BCUT2D eigenvalue weighted by Gasteiger charge is 2.11. The highest BCUT2D eigenvalue weighted by molar-refractivity contribution is 7.07. The first-order valence-corrected chi connectivity index (χ1v) is 9.48. The molecule has 1 aromatic heterocycles. The highest BCUT2D eigenvalue weighted by Crippen LogP contribution is 2.21. The zero-order chi connectivity index (χ0) is 18.6. The zero-order valence-electron chi connectivity index (χ0n) is 15.3. The first-order valence-electron chi connectivity index (χ1n) is 8.60. The molecule has 0 radical (unpaired) electrons. The van der Waals surface area contributed by atoms with Crippen molar-refractivity contribution in [2.75, 3.05) is 0 Å². The Kier molecular flexibility index (Phi) is 6.56. The summed E-state index contributed by atoms with van der Waals surface area (Å²) in [5, 5.41) is 11.3. The second-order valence-electron chi connectivity index (χ2n) is 7.08. The summed E-state index contributed by atoms with van der Waals surface area (Å²) in [6.07, 6.45) is 1.01. The molecule has 3 N–H and O–H groups in total. The van der Waals surface area contributed by atoms with E-state index in [-0.39, 0.29) is 12.1 Å². The third-order valence-corrected chi connectivity index (χ3v) is 4.72. The minimum Gasteiger partial charge on any atom is -0.478 e. The van der Waals surface area contributed by atoms with Crippen LogP contribution in [0.25, 0.3) is 0 Å². The van der Waals surface area contributed by atoms with Crippen molar-refractivity contribution in [2.45, 2.75) is 47.2 Å². The summed E-state index contributed by atoms with van der Waals surface area (Å²) >= 11 is 1.62. The Morgan fingerprint density at radius 3 is 2.56 bits per heavy atom. The van der Waals surface area contributed by atoms with Gasteiger partial charge in [-0.2, -0.15) is 0 Å². The molecule has 0 aliphatic rings. The number of hydrogen-bond donors (Lipinski definition) is 2. The van der Waals surface area contributed by atoms with Gasteiger partial charge in [-0.05, 0) is 42.0 Å². The Balaban J connectivity index is 2.53. The van der Waals surface area contributed by atoms with Crippen molar-refractivity contribution in [3.05, 3.63) is 45.2 Å². The van der Waals surface area contributed by atoms with E-state index in [4.69, 9.17) is 15.8 Å². The lowest BCUT2D eigenvalue weighted by Crippen LogP contribution is -2.21. The van der Waals surface area contributed by atoms with Crippen LogP contribution in [0, 0.1) is 11.8 Å². The molecule has 0 saturated carbocycles. The van der Waals surface area contributed by atoms with Crippen molar-refractivity contribution >= 4 is 23.0 Å². The summed E-state index contributed by atoms with van der Waals surface area (Å²) in [5.41, 5.74) is 8.82. The smallest absolute Gasteiger partial charge is 0.335 e. The van der Waals surface area contributed by atoms with Gasteiger partial charge in [0, 0.05) is 24.2 Å². The lowest BCUT2D eigenvalue weighted by atomic mass is 10.1. The van der Waals surface area contributed by atoms with Gasteiger partial charge in [0.2, 0.25) is 0 Å². The van der Waals surface area contributed by atoms with E-state index in [2.05, 4.69) is 37.6 Å². The lowest BCUT2D eigenvalue weighted by Gasteiger charge is -2.13. The van der Waals surface area contributed by atoms with Gasteiger partial charge in [0.25, 0.3) is 0 Å². The molecule has 2 aromatic rings. The molecular formula is C19H27N3O2S. The fraction of sp³-hybridized carbons (Fsp3) is 0.474. The Morgan fingerprint density at radius 2 is 2.00 bits per heavy atom. The summed E-state index contributed by atoms with van der Waals surface area (Å²) in [7, 11) is 0. The van der Waals surface area contributed by atoms with E-state index in [1.54, 1.807) is 29.5 Å². The fourth-order valence-corrected chi connectivity index (χ4v) is 3.62. The Labute approximate surface area is 152 Å². The average Bonchev–Trinajstić information content (AvgIpc) is 2.88. The van der Waals surface area contributed by atoms with Crippen molar-refractivity contribution in [1.29, 1.82) is 0 Å². The Bertz CT molecular complexity index is 803. The minimum atomic E-state index is -0.952. The van der Waals surface area contributed by atoms with Gasteiger partial charge in [-0.15, -0.1) is 11.3 Å². The molecule has 0 fully saturated rings. The number of nitrogens with zero attached hydrogens (tertiary/aromatic N) is 2. The molecule has 6 heteroatoms. The molecule has 1 aromatic carbocycles. The topological polar surface area (TPSA) is 80.6 Å². The van der Waals surface area contributed by atoms with Crippen LogP contribution in [0.4, 0.5) is 5.69 Å². The van der Waals surface area contributed by atoms with Crippen LogP contribution in [-0.2, 0) is 19.5 Å². The summed E-state index contributed by atoms with van der Waals surface area (Å²) in [5.74, 6) is 0.143. The van der Waals surface area contributed by atoms with Gasteiger partial charge in [-0.25, -0.2) is 9.79 Å². The van der Waals surface area contributed by atoms with Crippen LogP contribution in [0.5, 0.6) is 0 Å². The maximum Gasteiger partial charge on any atom is 0.335 e. The van der Waals surface area contributed by atoms with Crippen LogP contribution in [0.15, 0.2) is 28.6 Å². The van der Waals surface area contributed by atoms with Gasteiger partial charge in [0.05, 0.1) is 11.3 Å². The standard InChI is InChI=1S/C19H27N3O2S/c1-12(2)7-16-11-25-19(22(16)10-13(3)4)21-17-6-5-14(18(23)24)8-15(17)9-20/h5-6,8,11-13H,7,9-10,20H2,1-4H3,(H,23,24). The molecule has 0 bridgehead atoms. The van der Waals surface area contributed by atoms with Crippen LogP contribution in [0.1, 0.15) is 49.3 Å². The van der Waals surface area contributed by atoms with E-state index in [9.17, 15) is 4.79 Å². The molecule has 0 aliphatic heterocycles. The number of carboxylic acids is 1. The number of benzene rings is 1. The summed E-state index contributed by atoms with van der Waals surface area (Å²) in [6, 6.07) is 4.93. The Morgan fingerprint density at radius 1 is 1.28 bits per heavy atom. The van der Waals surface area contributed by atoms with Crippen molar-refractivity contribution in [3.8, 4) is 0 Å². The number of aromatic carboxylic acids is 1. The zero-order valence-corrected chi connectivity index (χ0v) is 16.1. The highest BCUT2D eigenvalue weighted by atomic mass is 32.1. The number of thiazole rings is 1. The number of carboxylic acid groups (broad SMARTS) is 1. The quantitative estimate of drug-likeness (QED) is 0.787. The number of hydrogen-bond acceptors (Lipinski definition) is 4. The summed E-state index contributed by atoms with van der Waals surface area (Å²) < 4.78 is 2.28. The summed E-state index contributed by atoms with van der Waals surface area (Å²) in [6.45, 7) is 9.99. The van der Waals surface area contributed by atoms with Gasteiger partial charge >= 0.3 is 5.97 Å². The van der Waals surface area contributed by atoms with Crippen molar-refractivity contribution < 1.29 is 9.90 Å². The van der Waals surface area contributed by atoms with Crippen molar-refractivity contribution in [1.82, 2.24) is 4.57 Å². The molecule has 136 valence electrons. The summed E-state index contributed by atoms with van der Waals surface area (Å²) in [4.78, 5) is 16.9. The largest absolute Gasteiger partial charge is 0.478 e. The molecule has 2 rings (SSSR count). The molecule has 0 saturated heterocycles. The third kappa shape index (κ3) is 5.03. The van der Waals surface area contributed by atoms with Gasteiger partial charge < -0.3 is 15.4 Å². The monoisotopic (exact) mass is 361 g/mol. The van der Waals surface area contributed by atoms with Gasteiger partial charge in [0.15, 0.2) is 4.80 Å². The number of carbonyl (C=O) groups is 1. The van der Waals surface area contributed by atoms with Gasteiger partial charge in [0.1, 0.15) is 0 Å². The van der Waals surface area contributed by atoms with Crippen LogP contribution >= 0.6 is 11.3 Å². The van der Waals surface area contributed by atoms with Gasteiger partial charge in [-0.1, -0.05) is 27.7 Å². The van der Waals surface area contributed by atoms with E-state index < -0.39 is 5.97 Å². The number of nitrogens with two attached hydrogens (primary N) is 1. The minimum absolute atomic E-state index is 0.237. The fourth-order valence-electron chi connectivity index (χ4n) is 2.69. The number of rotatable bonds is 7. The first kappa shape index (κ1) is 19.4. The van der Waals surface area contributed by atoms with E-state index in [0.29, 0.717) is 11.8 Å². The number of aromatic nitrogens is 1. The van der Waals surface area contributed by atoms with E-state index in [0.717, 1.165) is 29.0 Å². The van der Waals surface area contributed by atoms with Crippen molar-refractivity contribution in [2.24, 2.45) is 22.6 Å². The molecule has 0 atom stereocenters. The lowest BCUT2D eigenvalue weighted by molar-refractivity contribution is 0.0697. The predicted molar refractivity (Wildman–Crippen MR) is 102 cm³/mol. The molecule has 0 aliphatic carbocycles. The molecule has 0 spiro atoms. The molecular weight excluding hydrogens is 334 g/mol. The Hall–Kier alpha value is -1.92. The molecule has 0 amide bonds. The van der Waals surface area contributed by atoms with Crippen LogP contribution < -0.4 is 10.5 Å². The van der Waals surface area contributed by atoms with E-state index >= 15 is 0 Å². The molecule has 25 heavy (non-hydrogen) atoms. The van der Waals surface area contributed by atoms with Crippen molar-refractivity contribution in [3.63, 3.8) is 0 Å². The second kappa shape index (κ2) is 8.45. The predicted octanol–water partition coefficient (Wildman–Crippen LogP) is 3.79. The molecule has 0 unspecified atom stereocenters. The van der Waals surface area contributed by atoms with E-state index in [1.807, 2.05) is 0 Å². The van der Waals surface area contributed by atoms with Gasteiger partial charge in [-0.3, -0.25) is 0 Å². The normalized spacial score (nSPS) is 12.4. The van der Waals surface area contributed by atoms with Crippen LogP contribution in [0.2, 0.25) is 0 Å². The average molecular weight is 362 g/mol. The first-order chi connectivity index (χ1) is 11.8. The van der Waals surface area contributed by atoms with E-state index in [1.165, 1.54) is 5.69 Å². The maximum absolute atomic E-state index is 11.1. The second-order valence-corrected chi connectivity index (χ2v) is 7.91. The molecule has 5 nitrogen and oxygen atoms in total. The molecule has 1 heterocycles. The maximum atomic E-state index is 11.1. The third-order valence-electron chi connectivity index (χ3n) is 3.81. The van der Waals surface area contributed by atoms with Crippen LogP contribution in [-0.4, -0.2) is 15.6 Å². The van der Waals surface area contributed by atoms with Crippen LogP contribution in [0.3, 0.4) is 0 Å². The SMILES string of the molecule is CC(C)Cc1csc(=Nc2ccc(C(=O)O)cc2CN)n1CC(C)C.